The monoisotopic (exact) mass is 343 g/mol. The summed E-state index contributed by atoms with van der Waals surface area (Å²) in [7, 11) is 1.74. The fraction of sp³-hybridized carbons (Fsp3) is 0.375. The lowest BCUT2D eigenvalue weighted by molar-refractivity contribution is -0.131. The molecule has 8 heteroatoms. The Bertz CT molecular complexity index is 970. The molecule has 0 unspecified atom stereocenters. The number of carbonyl (C=O) groups is 1. The van der Waals surface area contributed by atoms with Crippen LogP contribution in [0.2, 0.25) is 0 Å². The number of hydrogen-bond donors (Lipinski definition) is 1. The maximum atomic E-state index is 12.5. The Morgan fingerprint density at radius 3 is 3.21 bits per heavy atom. The molecule has 0 saturated carbocycles. The fourth-order valence-corrected chi connectivity index (χ4v) is 3.88. The van der Waals surface area contributed by atoms with Crippen molar-refractivity contribution < 1.29 is 4.79 Å². The van der Waals surface area contributed by atoms with Crippen LogP contribution in [0.15, 0.2) is 22.6 Å². The molecule has 4 rings (SSSR count). The van der Waals surface area contributed by atoms with E-state index in [4.69, 9.17) is 0 Å². The Morgan fingerprint density at radius 1 is 1.46 bits per heavy atom. The van der Waals surface area contributed by atoms with E-state index in [9.17, 15) is 9.59 Å². The number of aromatic nitrogens is 4. The van der Waals surface area contributed by atoms with Gasteiger partial charge in [-0.1, -0.05) is 0 Å². The zero-order valence-electron chi connectivity index (χ0n) is 13.3. The number of nitrogens with one attached hydrogen (secondary N) is 1. The summed E-state index contributed by atoms with van der Waals surface area (Å²) in [6, 6.07) is 1.80. The van der Waals surface area contributed by atoms with Gasteiger partial charge >= 0.3 is 0 Å². The molecule has 1 aliphatic carbocycles. The van der Waals surface area contributed by atoms with Gasteiger partial charge in [0.1, 0.15) is 11.2 Å². The predicted molar refractivity (Wildman–Crippen MR) is 91.0 cm³/mol. The highest BCUT2D eigenvalue weighted by atomic mass is 32.1. The summed E-state index contributed by atoms with van der Waals surface area (Å²) in [4.78, 5) is 30.7. The number of nitrogens with zero attached hydrogens (tertiary/aromatic N) is 4. The molecule has 0 aromatic carbocycles. The van der Waals surface area contributed by atoms with Crippen molar-refractivity contribution in [1.82, 2.24) is 24.6 Å². The van der Waals surface area contributed by atoms with E-state index in [-0.39, 0.29) is 18.0 Å². The third-order valence-electron chi connectivity index (χ3n) is 4.45. The molecule has 1 amide bonds. The van der Waals surface area contributed by atoms with E-state index in [0.717, 1.165) is 25.0 Å². The quantitative estimate of drug-likeness (QED) is 0.774. The van der Waals surface area contributed by atoms with Crippen molar-refractivity contribution >= 4 is 27.5 Å². The fourth-order valence-electron chi connectivity index (χ4n) is 3.09. The number of thiophene rings is 1. The number of hydrogen-bond acceptors (Lipinski definition) is 5. The van der Waals surface area contributed by atoms with Gasteiger partial charge in [0.25, 0.3) is 5.56 Å². The molecule has 3 aromatic heterocycles. The molecule has 0 atom stereocenters. The Hall–Kier alpha value is -2.48. The maximum absolute atomic E-state index is 12.5. The molecular weight excluding hydrogens is 326 g/mol. The standard InChI is InChI=1S/C16H17N5O2S/c1-20(7-13-10-3-2-4-11(10)18-19-13)14(22)8-21-9-17-12-5-6-24-15(12)16(21)23/h5-6,9H,2-4,7-8H2,1H3,(H,18,19). The van der Waals surface area contributed by atoms with E-state index >= 15 is 0 Å². The van der Waals surface area contributed by atoms with Crippen LogP contribution in [0.3, 0.4) is 0 Å². The first-order valence-corrected chi connectivity index (χ1v) is 8.73. The average molecular weight is 343 g/mol. The first-order valence-electron chi connectivity index (χ1n) is 7.85. The smallest absolute Gasteiger partial charge is 0.271 e. The van der Waals surface area contributed by atoms with Gasteiger partial charge in [-0.3, -0.25) is 19.3 Å². The SMILES string of the molecule is CN(Cc1n[nH]c2c1CCC2)C(=O)Cn1cnc2ccsc2c1=O. The summed E-state index contributed by atoms with van der Waals surface area (Å²) in [5, 5.41) is 9.20. The molecular formula is C16H17N5O2S. The van der Waals surface area contributed by atoms with E-state index in [1.165, 1.54) is 33.5 Å². The molecule has 1 N–H and O–H groups in total. The summed E-state index contributed by atoms with van der Waals surface area (Å²) < 4.78 is 1.95. The van der Waals surface area contributed by atoms with Crippen LogP contribution in [0.4, 0.5) is 0 Å². The van der Waals surface area contributed by atoms with E-state index in [1.807, 2.05) is 5.38 Å². The zero-order chi connectivity index (χ0) is 16.7. The van der Waals surface area contributed by atoms with Gasteiger partial charge in [0, 0.05) is 12.7 Å². The molecule has 124 valence electrons. The van der Waals surface area contributed by atoms with Crippen molar-refractivity contribution in [3.8, 4) is 0 Å². The third kappa shape index (κ3) is 2.52. The minimum Gasteiger partial charge on any atom is -0.338 e. The van der Waals surface area contributed by atoms with Gasteiger partial charge in [0.05, 0.1) is 24.1 Å². The number of aryl methyl sites for hydroxylation is 1. The molecule has 0 fully saturated rings. The lowest BCUT2D eigenvalue weighted by atomic mass is 10.2. The van der Waals surface area contributed by atoms with Gasteiger partial charge in [-0.2, -0.15) is 5.10 Å². The Morgan fingerprint density at radius 2 is 2.33 bits per heavy atom. The largest absolute Gasteiger partial charge is 0.338 e. The van der Waals surface area contributed by atoms with Crippen molar-refractivity contribution in [3.05, 3.63) is 45.1 Å². The Labute approximate surface area is 141 Å². The topological polar surface area (TPSA) is 83.9 Å². The highest BCUT2D eigenvalue weighted by molar-refractivity contribution is 7.17. The van der Waals surface area contributed by atoms with E-state index in [2.05, 4.69) is 15.2 Å². The molecule has 0 aliphatic heterocycles. The molecule has 0 bridgehead atoms. The highest BCUT2D eigenvalue weighted by Crippen LogP contribution is 2.23. The van der Waals surface area contributed by atoms with Crippen LogP contribution in [0.25, 0.3) is 10.2 Å². The Kier molecular flexibility index (Phi) is 3.68. The van der Waals surface area contributed by atoms with Gasteiger partial charge in [-0.25, -0.2) is 4.98 Å². The highest BCUT2D eigenvalue weighted by Gasteiger charge is 2.21. The molecule has 3 heterocycles. The second kappa shape index (κ2) is 5.86. The molecule has 3 aromatic rings. The molecule has 1 aliphatic rings. The number of carbonyl (C=O) groups excluding carboxylic acids is 1. The minimum absolute atomic E-state index is 0.0111. The maximum Gasteiger partial charge on any atom is 0.271 e. The van der Waals surface area contributed by atoms with Crippen LogP contribution in [-0.2, 0) is 30.7 Å². The summed E-state index contributed by atoms with van der Waals surface area (Å²) in [5.74, 6) is -0.135. The van der Waals surface area contributed by atoms with Crippen molar-refractivity contribution in [2.24, 2.45) is 0 Å². The molecule has 0 spiro atoms. The number of aromatic amines is 1. The average Bonchev–Trinajstić information content (AvgIpc) is 3.28. The Balaban J connectivity index is 1.50. The predicted octanol–water partition coefficient (Wildman–Crippen LogP) is 1.33. The van der Waals surface area contributed by atoms with Gasteiger partial charge in [0.2, 0.25) is 5.91 Å². The van der Waals surface area contributed by atoms with Crippen molar-refractivity contribution in [1.29, 1.82) is 0 Å². The zero-order valence-corrected chi connectivity index (χ0v) is 14.1. The summed E-state index contributed by atoms with van der Waals surface area (Å²) in [6.07, 6.45) is 4.62. The molecule has 0 saturated heterocycles. The number of fused-ring (bicyclic) bond motifs is 2. The van der Waals surface area contributed by atoms with Crippen LogP contribution in [0.1, 0.15) is 23.4 Å². The summed E-state index contributed by atoms with van der Waals surface area (Å²) >= 11 is 1.35. The van der Waals surface area contributed by atoms with Crippen molar-refractivity contribution in [2.75, 3.05) is 7.05 Å². The third-order valence-corrected chi connectivity index (χ3v) is 5.34. The second-order valence-electron chi connectivity index (χ2n) is 6.04. The van der Waals surface area contributed by atoms with Gasteiger partial charge in [-0.15, -0.1) is 11.3 Å². The van der Waals surface area contributed by atoms with Crippen LogP contribution in [-0.4, -0.2) is 37.6 Å². The summed E-state index contributed by atoms with van der Waals surface area (Å²) in [5.41, 5.74) is 3.87. The van der Waals surface area contributed by atoms with Crippen LogP contribution < -0.4 is 5.56 Å². The number of likely N-dealkylation sites (N-methyl/N-ethyl adjacent to an activating group) is 1. The minimum atomic E-state index is -0.169. The van der Waals surface area contributed by atoms with Gasteiger partial charge in [0.15, 0.2) is 0 Å². The van der Waals surface area contributed by atoms with Crippen LogP contribution in [0, 0.1) is 0 Å². The van der Waals surface area contributed by atoms with Crippen molar-refractivity contribution in [3.63, 3.8) is 0 Å². The first-order chi connectivity index (χ1) is 11.6. The molecule has 0 radical (unpaired) electrons. The van der Waals surface area contributed by atoms with Crippen LogP contribution >= 0.6 is 11.3 Å². The lowest BCUT2D eigenvalue weighted by Crippen LogP contribution is -2.33. The molecule has 24 heavy (non-hydrogen) atoms. The normalized spacial score (nSPS) is 13.4. The number of H-pyrrole nitrogens is 1. The van der Waals surface area contributed by atoms with E-state index < -0.39 is 0 Å². The van der Waals surface area contributed by atoms with Gasteiger partial charge < -0.3 is 4.90 Å². The van der Waals surface area contributed by atoms with Gasteiger partial charge in [-0.05, 0) is 36.3 Å². The number of amides is 1. The lowest BCUT2D eigenvalue weighted by Gasteiger charge is -2.17. The molecule has 7 nitrogen and oxygen atoms in total. The van der Waals surface area contributed by atoms with E-state index in [0.29, 0.717) is 16.8 Å². The van der Waals surface area contributed by atoms with Crippen molar-refractivity contribution in [2.45, 2.75) is 32.4 Å². The second-order valence-corrected chi connectivity index (χ2v) is 6.96. The number of rotatable bonds is 4. The van der Waals surface area contributed by atoms with E-state index in [1.54, 1.807) is 18.0 Å². The van der Waals surface area contributed by atoms with Crippen LogP contribution in [0.5, 0.6) is 0 Å². The first kappa shape index (κ1) is 15.1. The summed E-state index contributed by atoms with van der Waals surface area (Å²) in [6.45, 7) is 0.441.